The van der Waals surface area contributed by atoms with E-state index in [2.05, 4.69) is 39.5 Å². The third-order valence-electron chi connectivity index (χ3n) is 4.09. The topological polar surface area (TPSA) is 32.7 Å². The highest BCUT2D eigenvalue weighted by atomic mass is 16.5. The molecule has 1 rings (SSSR count). The molecule has 108 valence electrons. The highest BCUT2D eigenvalue weighted by Crippen LogP contribution is 2.39. The molecular weight excluding hydrogens is 226 g/mol. The molecule has 3 heteroatoms. The molecule has 1 aliphatic rings. The second-order valence-corrected chi connectivity index (χ2v) is 6.75. The van der Waals surface area contributed by atoms with Crippen molar-refractivity contribution in [2.24, 2.45) is 0 Å². The molecule has 0 radical (unpaired) electrons. The molecule has 0 unspecified atom stereocenters. The normalized spacial score (nSPS) is 24.3. The van der Waals surface area contributed by atoms with Gasteiger partial charge in [-0.25, -0.2) is 0 Å². The van der Waals surface area contributed by atoms with Crippen LogP contribution in [0.4, 0.5) is 0 Å². The van der Waals surface area contributed by atoms with Crippen LogP contribution in [-0.2, 0) is 4.74 Å². The van der Waals surface area contributed by atoms with Crippen molar-refractivity contribution < 1.29 is 9.84 Å². The van der Waals surface area contributed by atoms with Gasteiger partial charge in [0.05, 0.1) is 12.7 Å². The zero-order valence-corrected chi connectivity index (χ0v) is 12.8. The van der Waals surface area contributed by atoms with Crippen molar-refractivity contribution in [3.63, 3.8) is 0 Å². The zero-order chi connectivity index (χ0) is 13.8. The van der Waals surface area contributed by atoms with Gasteiger partial charge >= 0.3 is 0 Å². The summed E-state index contributed by atoms with van der Waals surface area (Å²) in [5, 5.41) is 9.25. The van der Waals surface area contributed by atoms with Crippen molar-refractivity contribution in [2.75, 3.05) is 19.8 Å². The van der Waals surface area contributed by atoms with Crippen LogP contribution in [0.5, 0.6) is 0 Å². The van der Waals surface area contributed by atoms with Gasteiger partial charge in [-0.1, -0.05) is 13.3 Å². The first-order chi connectivity index (χ1) is 8.33. The molecule has 3 nitrogen and oxygen atoms in total. The number of hydrogen-bond acceptors (Lipinski definition) is 3. The number of ether oxygens (including phenoxy) is 1. The molecule has 1 fully saturated rings. The summed E-state index contributed by atoms with van der Waals surface area (Å²) in [5.74, 6) is 0. The third-order valence-corrected chi connectivity index (χ3v) is 4.09. The lowest BCUT2D eigenvalue weighted by Gasteiger charge is -2.55. The summed E-state index contributed by atoms with van der Waals surface area (Å²) in [6, 6.07) is 0. The second-order valence-electron chi connectivity index (χ2n) is 6.75. The van der Waals surface area contributed by atoms with Gasteiger partial charge in [-0.3, -0.25) is 4.90 Å². The van der Waals surface area contributed by atoms with Crippen LogP contribution < -0.4 is 0 Å². The van der Waals surface area contributed by atoms with Crippen molar-refractivity contribution in [3.05, 3.63) is 0 Å². The first kappa shape index (κ1) is 15.9. The zero-order valence-electron chi connectivity index (χ0n) is 12.8. The number of rotatable bonds is 6. The van der Waals surface area contributed by atoms with E-state index >= 15 is 0 Å². The molecule has 0 amide bonds. The summed E-state index contributed by atoms with van der Waals surface area (Å²) in [7, 11) is 0. The maximum absolute atomic E-state index is 9.25. The third kappa shape index (κ3) is 3.94. The van der Waals surface area contributed by atoms with E-state index in [0.717, 1.165) is 32.4 Å². The van der Waals surface area contributed by atoms with Crippen LogP contribution in [0.3, 0.4) is 0 Å². The predicted molar refractivity (Wildman–Crippen MR) is 75.8 cm³/mol. The quantitative estimate of drug-likeness (QED) is 0.743. The summed E-state index contributed by atoms with van der Waals surface area (Å²) in [6.45, 7) is 13.1. The minimum Gasteiger partial charge on any atom is -0.395 e. The number of aliphatic hydroxyl groups excluding tert-OH is 1. The summed E-state index contributed by atoms with van der Waals surface area (Å²) in [4.78, 5) is 2.43. The maximum atomic E-state index is 9.25. The molecule has 0 aliphatic carbocycles. The average molecular weight is 257 g/mol. The highest BCUT2D eigenvalue weighted by Gasteiger charge is 2.45. The SMILES string of the molecule is CCCCOC1CC(C)(C)N(CCO)C(C)(C)C1. The fraction of sp³-hybridized carbons (Fsp3) is 1.00. The van der Waals surface area contributed by atoms with E-state index in [1.807, 2.05) is 0 Å². The first-order valence-corrected chi connectivity index (χ1v) is 7.33. The van der Waals surface area contributed by atoms with Gasteiger partial charge in [0.2, 0.25) is 0 Å². The maximum Gasteiger partial charge on any atom is 0.0610 e. The van der Waals surface area contributed by atoms with E-state index in [0.29, 0.717) is 6.10 Å². The van der Waals surface area contributed by atoms with Gasteiger partial charge in [-0.05, 0) is 47.0 Å². The fourth-order valence-corrected chi connectivity index (χ4v) is 3.44. The molecule has 1 N–H and O–H groups in total. The Balaban J connectivity index is 2.65. The Hall–Kier alpha value is -0.120. The van der Waals surface area contributed by atoms with Crippen LogP contribution in [0.25, 0.3) is 0 Å². The number of aliphatic hydroxyl groups is 1. The van der Waals surface area contributed by atoms with Crippen molar-refractivity contribution in [1.29, 1.82) is 0 Å². The fourth-order valence-electron chi connectivity index (χ4n) is 3.44. The molecule has 0 aromatic heterocycles. The lowest BCUT2D eigenvalue weighted by atomic mass is 9.78. The van der Waals surface area contributed by atoms with Gasteiger partial charge in [-0.2, -0.15) is 0 Å². The van der Waals surface area contributed by atoms with Crippen LogP contribution >= 0.6 is 0 Å². The first-order valence-electron chi connectivity index (χ1n) is 7.33. The van der Waals surface area contributed by atoms with Gasteiger partial charge in [0, 0.05) is 24.2 Å². The van der Waals surface area contributed by atoms with Crippen molar-refractivity contribution in [1.82, 2.24) is 4.90 Å². The number of hydrogen-bond donors (Lipinski definition) is 1. The van der Waals surface area contributed by atoms with Crippen LogP contribution in [0.15, 0.2) is 0 Å². The molecule has 0 spiro atoms. The van der Waals surface area contributed by atoms with Crippen molar-refractivity contribution in [3.8, 4) is 0 Å². The molecule has 1 aliphatic heterocycles. The van der Waals surface area contributed by atoms with E-state index in [1.54, 1.807) is 0 Å². The van der Waals surface area contributed by atoms with Gasteiger partial charge in [0.1, 0.15) is 0 Å². The number of piperidine rings is 1. The molecule has 0 saturated carbocycles. The molecule has 0 aromatic carbocycles. The van der Waals surface area contributed by atoms with Gasteiger partial charge in [0.15, 0.2) is 0 Å². The van der Waals surface area contributed by atoms with E-state index in [9.17, 15) is 5.11 Å². The van der Waals surface area contributed by atoms with Crippen LogP contribution in [0.1, 0.15) is 60.3 Å². The monoisotopic (exact) mass is 257 g/mol. The summed E-state index contributed by atoms with van der Waals surface area (Å²) in [5.41, 5.74) is 0.197. The minimum absolute atomic E-state index is 0.0986. The number of likely N-dealkylation sites (tertiary alicyclic amines) is 1. The Bertz CT molecular complexity index is 233. The predicted octanol–water partition coefficient (Wildman–Crippen LogP) is 2.82. The van der Waals surface area contributed by atoms with E-state index in [4.69, 9.17) is 4.74 Å². The summed E-state index contributed by atoms with van der Waals surface area (Å²) >= 11 is 0. The standard InChI is InChI=1S/C15H31NO2/c1-6-7-10-18-13-11-14(2,3)16(8-9-17)15(4,5)12-13/h13,17H,6-12H2,1-5H3. The van der Waals surface area contributed by atoms with Gasteiger partial charge < -0.3 is 9.84 Å². The van der Waals surface area contributed by atoms with Crippen molar-refractivity contribution in [2.45, 2.75) is 77.5 Å². The van der Waals surface area contributed by atoms with Gasteiger partial charge in [-0.15, -0.1) is 0 Å². The minimum atomic E-state index is 0.0986. The summed E-state index contributed by atoms with van der Waals surface area (Å²) < 4.78 is 6.03. The molecule has 0 aromatic rings. The Kier molecular flexibility index (Phi) is 5.63. The van der Waals surface area contributed by atoms with Crippen molar-refractivity contribution >= 4 is 0 Å². The smallest absolute Gasteiger partial charge is 0.0610 e. The Morgan fingerprint density at radius 3 is 2.17 bits per heavy atom. The number of unbranched alkanes of at least 4 members (excludes halogenated alkanes) is 1. The molecule has 18 heavy (non-hydrogen) atoms. The van der Waals surface area contributed by atoms with E-state index in [-0.39, 0.29) is 17.7 Å². The lowest BCUT2D eigenvalue weighted by Crippen LogP contribution is -2.62. The van der Waals surface area contributed by atoms with E-state index in [1.165, 1.54) is 6.42 Å². The molecule has 1 heterocycles. The lowest BCUT2D eigenvalue weighted by molar-refractivity contribution is -0.108. The Morgan fingerprint density at radius 2 is 1.72 bits per heavy atom. The average Bonchev–Trinajstić information content (AvgIpc) is 2.23. The largest absolute Gasteiger partial charge is 0.395 e. The highest BCUT2D eigenvalue weighted by molar-refractivity contribution is 5.00. The summed E-state index contributed by atoms with van der Waals surface area (Å²) in [6.07, 6.45) is 4.81. The van der Waals surface area contributed by atoms with Crippen LogP contribution in [0.2, 0.25) is 0 Å². The van der Waals surface area contributed by atoms with Crippen LogP contribution in [0, 0.1) is 0 Å². The Labute approximate surface area is 113 Å². The molecule has 0 atom stereocenters. The Morgan fingerprint density at radius 1 is 1.17 bits per heavy atom. The van der Waals surface area contributed by atoms with E-state index < -0.39 is 0 Å². The number of nitrogens with zero attached hydrogens (tertiary/aromatic N) is 1. The molecule has 1 saturated heterocycles. The number of β-amino-alcohol motifs (C(OH)–C–C–N with tert-alkyl or cyclic N) is 1. The van der Waals surface area contributed by atoms with Gasteiger partial charge in [0.25, 0.3) is 0 Å². The molecular formula is C15H31NO2. The second kappa shape index (κ2) is 6.36. The molecule has 0 bridgehead atoms. The van der Waals surface area contributed by atoms with Crippen LogP contribution in [-0.4, -0.2) is 46.9 Å².